The SMILES string of the molecule is Cc1nn(CCO)c(C)c1CNc1cccc(-c2cccs2)c1. The summed E-state index contributed by atoms with van der Waals surface area (Å²) in [5.41, 5.74) is 5.65. The lowest BCUT2D eigenvalue weighted by molar-refractivity contribution is 0.268. The van der Waals surface area contributed by atoms with Crippen LogP contribution in [0.25, 0.3) is 10.4 Å². The van der Waals surface area contributed by atoms with Crippen LogP contribution in [0.1, 0.15) is 17.0 Å². The van der Waals surface area contributed by atoms with E-state index in [-0.39, 0.29) is 6.61 Å². The van der Waals surface area contributed by atoms with Crippen molar-refractivity contribution in [3.8, 4) is 10.4 Å². The Balaban J connectivity index is 1.75. The summed E-state index contributed by atoms with van der Waals surface area (Å²) in [7, 11) is 0. The van der Waals surface area contributed by atoms with Gasteiger partial charge < -0.3 is 10.4 Å². The van der Waals surface area contributed by atoms with Gasteiger partial charge in [-0.05, 0) is 43.0 Å². The van der Waals surface area contributed by atoms with E-state index >= 15 is 0 Å². The monoisotopic (exact) mass is 327 g/mol. The first kappa shape index (κ1) is 15.8. The van der Waals surface area contributed by atoms with Crippen molar-refractivity contribution in [1.29, 1.82) is 0 Å². The Morgan fingerprint density at radius 1 is 1.22 bits per heavy atom. The lowest BCUT2D eigenvalue weighted by Gasteiger charge is -2.09. The number of nitrogens with zero attached hydrogens (tertiary/aromatic N) is 2. The number of benzene rings is 1. The maximum absolute atomic E-state index is 9.10. The van der Waals surface area contributed by atoms with E-state index in [1.807, 2.05) is 11.6 Å². The summed E-state index contributed by atoms with van der Waals surface area (Å²) in [5, 5.41) is 19.2. The second-order valence-electron chi connectivity index (χ2n) is 5.51. The zero-order valence-corrected chi connectivity index (χ0v) is 14.2. The molecule has 3 rings (SSSR count). The van der Waals surface area contributed by atoms with Gasteiger partial charge in [0.2, 0.25) is 0 Å². The Morgan fingerprint density at radius 3 is 2.83 bits per heavy atom. The number of thiophene rings is 1. The third-order valence-corrected chi connectivity index (χ3v) is 4.90. The molecule has 0 saturated heterocycles. The summed E-state index contributed by atoms with van der Waals surface area (Å²) in [6.45, 7) is 5.45. The smallest absolute Gasteiger partial charge is 0.0646 e. The number of aliphatic hydroxyl groups is 1. The van der Waals surface area contributed by atoms with Gasteiger partial charge in [-0.25, -0.2) is 0 Å². The Hall–Kier alpha value is -2.11. The summed E-state index contributed by atoms with van der Waals surface area (Å²) >= 11 is 1.75. The van der Waals surface area contributed by atoms with Gasteiger partial charge in [-0.3, -0.25) is 4.68 Å². The highest BCUT2D eigenvalue weighted by Gasteiger charge is 2.11. The van der Waals surface area contributed by atoms with Crippen molar-refractivity contribution in [1.82, 2.24) is 9.78 Å². The van der Waals surface area contributed by atoms with Crippen LogP contribution in [0.4, 0.5) is 5.69 Å². The number of hydrogen-bond donors (Lipinski definition) is 2. The second kappa shape index (κ2) is 6.98. The van der Waals surface area contributed by atoms with E-state index in [9.17, 15) is 0 Å². The normalized spacial score (nSPS) is 10.9. The van der Waals surface area contributed by atoms with Gasteiger partial charge >= 0.3 is 0 Å². The number of aliphatic hydroxyl groups excluding tert-OH is 1. The molecule has 0 amide bonds. The van der Waals surface area contributed by atoms with Crippen LogP contribution >= 0.6 is 11.3 Å². The average molecular weight is 327 g/mol. The number of hydrogen-bond acceptors (Lipinski definition) is 4. The van der Waals surface area contributed by atoms with Gasteiger partial charge in [0, 0.05) is 28.4 Å². The maximum atomic E-state index is 9.10. The number of aromatic nitrogens is 2. The molecule has 0 spiro atoms. The molecule has 0 aliphatic rings. The average Bonchev–Trinajstić information content (AvgIpc) is 3.17. The van der Waals surface area contributed by atoms with Crippen LogP contribution in [0.15, 0.2) is 41.8 Å². The first-order valence-electron chi connectivity index (χ1n) is 7.70. The molecule has 0 saturated carbocycles. The van der Waals surface area contributed by atoms with E-state index in [1.165, 1.54) is 16.0 Å². The van der Waals surface area contributed by atoms with Crippen LogP contribution in [0, 0.1) is 13.8 Å². The van der Waals surface area contributed by atoms with Gasteiger partial charge in [0.15, 0.2) is 0 Å². The fraction of sp³-hybridized carbons (Fsp3) is 0.278. The van der Waals surface area contributed by atoms with E-state index in [4.69, 9.17) is 5.11 Å². The molecule has 2 heterocycles. The second-order valence-corrected chi connectivity index (χ2v) is 6.46. The van der Waals surface area contributed by atoms with Crippen LogP contribution in [-0.4, -0.2) is 21.5 Å². The minimum absolute atomic E-state index is 0.109. The predicted molar refractivity (Wildman–Crippen MR) is 95.9 cm³/mol. The maximum Gasteiger partial charge on any atom is 0.0646 e. The Kier molecular flexibility index (Phi) is 4.79. The Morgan fingerprint density at radius 2 is 2.09 bits per heavy atom. The molecule has 5 heteroatoms. The van der Waals surface area contributed by atoms with E-state index in [1.54, 1.807) is 11.3 Å². The first-order valence-corrected chi connectivity index (χ1v) is 8.58. The largest absolute Gasteiger partial charge is 0.394 e. The van der Waals surface area contributed by atoms with Gasteiger partial charge in [-0.2, -0.15) is 5.10 Å². The standard InChI is InChI=1S/C18H21N3OS/c1-13-17(14(2)21(20-13)8-9-22)12-19-16-6-3-5-15(11-16)18-7-4-10-23-18/h3-7,10-11,19,22H,8-9,12H2,1-2H3. The number of anilines is 1. The lowest BCUT2D eigenvalue weighted by Crippen LogP contribution is -2.07. The third kappa shape index (κ3) is 3.46. The summed E-state index contributed by atoms with van der Waals surface area (Å²) in [6.07, 6.45) is 0. The van der Waals surface area contributed by atoms with Crippen molar-refractivity contribution in [3.63, 3.8) is 0 Å². The fourth-order valence-electron chi connectivity index (χ4n) is 2.72. The van der Waals surface area contributed by atoms with Gasteiger partial charge in [-0.1, -0.05) is 18.2 Å². The van der Waals surface area contributed by atoms with Gasteiger partial charge in [-0.15, -0.1) is 11.3 Å². The molecule has 0 atom stereocenters. The number of rotatable bonds is 6. The molecule has 0 fully saturated rings. The number of aryl methyl sites for hydroxylation is 1. The van der Waals surface area contributed by atoms with Crippen molar-refractivity contribution in [3.05, 3.63) is 58.7 Å². The van der Waals surface area contributed by atoms with E-state index in [2.05, 4.69) is 59.1 Å². The Labute approximate surface area is 140 Å². The zero-order valence-electron chi connectivity index (χ0n) is 13.4. The van der Waals surface area contributed by atoms with Crippen molar-refractivity contribution < 1.29 is 5.11 Å². The molecule has 0 unspecified atom stereocenters. The lowest BCUT2D eigenvalue weighted by atomic mass is 10.1. The zero-order chi connectivity index (χ0) is 16.2. The molecule has 2 N–H and O–H groups in total. The summed E-state index contributed by atoms with van der Waals surface area (Å²) in [6, 6.07) is 12.7. The minimum Gasteiger partial charge on any atom is -0.394 e. The molecular weight excluding hydrogens is 306 g/mol. The highest BCUT2D eigenvalue weighted by molar-refractivity contribution is 7.13. The van der Waals surface area contributed by atoms with Crippen molar-refractivity contribution in [2.45, 2.75) is 26.9 Å². The minimum atomic E-state index is 0.109. The van der Waals surface area contributed by atoms with Crippen LogP contribution in [-0.2, 0) is 13.1 Å². The van der Waals surface area contributed by atoms with Gasteiger partial charge in [0.25, 0.3) is 0 Å². The molecule has 0 radical (unpaired) electrons. The van der Waals surface area contributed by atoms with Gasteiger partial charge in [0.05, 0.1) is 18.8 Å². The van der Waals surface area contributed by atoms with E-state index in [0.717, 1.165) is 23.6 Å². The third-order valence-electron chi connectivity index (χ3n) is 3.98. The molecule has 120 valence electrons. The molecule has 0 aliphatic carbocycles. The van der Waals surface area contributed by atoms with Crippen LogP contribution in [0.3, 0.4) is 0 Å². The van der Waals surface area contributed by atoms with Gasteiger partial charge in [0.1, 0.15) is 0 Å². The summed E-state index contributed by atoms with van der Waals surface area (Å²) < 4.78 is 1.87. The van der Waals surface area contributed by atoms with Crippen LogP contribution in [0.2, 0.25) is 0 Å². The molecule has 2 aromatic heterocycles. The van der Waals surface area contributed by atoms with E-state index in [0.29, 0.717) is 6.54 Å². The van der Waals surface area contributed by atoms with Crippen LogP contribution in [0.5, 0.6) is 0 Å². The van der Waals surface area contributed by atoms with Crippen molar-refractivity contribution in [2.75, 3.05) is 11.9 Å². The number of nitrogens with one attached hydrogen (secondary N) is 1. The first-order chi connectivity index (χ1) is 11.2. The molecule has 3 aromatic rings. The molecule has 0 aliphatic heterocycles. The van der Waals surface area contributed by atoms with Crippen molar-refractivity contribution >= 4 is 17.0 Å². The predicted octanol–water partition coefficient (Wildman–Crippen LogP) is 3.83. The van der Waals surface area contributed by atoms with Crippen LogP contribution < -0.4 is 5.32 Å². The summed E-state index contributed by atoms with van der Waals surface area (Å²) in [5.74, 6) is 0. The topological polar surface area (TPSA) is 50.1 Å². The Bertz CT molecular complexity index is 778. The highest BCUT2D eigenvalue weighted by Crippen LogP contribution is 2.27. The molecular formula is C18H21N3OS. The molecule has 1 aromatic carbocycles. The van der Waals surface area contributed by atoms with Crippen molar-refractivity contribution in [2.24, 2.45) is 0 Å². The van der Waals surface area contributed by atoms with E-state index < -0.39 is 0 Å². The molecule has 4 nitrogen and oxygen atoms in total. The summed E-state index contributed by atoms with van der Waals surface area (Å²) in [4.78, 5) is 1.27. The quantitative estimate of drug-likeness (QED) is 0.723. The highest BCUT2D eigenvalue weighted by atomic mass is 32.1. The molecule has 0 bridgehead atoms. The fourth-order valence-corrected chi connectivity index (χ4v) is 3.44. The molecule has 23 heavy (non-hydrogen) atoms.